The topological polar surface area (TPSA) is 32.7 Å². The third kappa shape index (κ3) is 2.70. The van der Waals surface area contributed by atoms with E-state index in [9.17, 15) is 0 Å². The lowest BCUT2D eigenvalue weighted by Gasteiger charge is -2.29. The maximum atomic E-state index is 8.89. The van der Waals surface area contributed by atoms with Crippen molar-refractivity contribution in [2.24, 2.45) is 0 Å². The molecule has 1 N–H and O–H groups in total. The molecule has 1 heterocycles. The highest BCUT2D eigenvalue weighted by atomic mass is 16.5. The molecular formula is C12H17NO2. The van der Waals surface area contributed by atoms with Gasteiger partial charge in [0.25, 0.3) is 0 Å². The van der Waals surface area contributed by atoms with Crippen LogP contribution in [0.1, 0.15) is 5.56 Å². The molecule has 1 aliphatic rings. The SMILES string of the molecule is OCCc1cccc(N2CCOCC2)c1. The van der Waals surface area contributed by atoms with E-state index in [2.05, 4.69) is 29.2 Å². The van der Waals surface area contributed by atoms with Gasteiger partial charge in [0.2, 0.25) is 0 Å². The second kappa shape index (κ2) is 5.14. The first-order valence-corrected chi connectivity index (χ1v) is 5.42. The van der Waals surface area contributed by atoms with Crippen LogP contribution in [0.5, 0.6) is 0 Å². The Morgan fingerprint density at radius 1 is 1.27 bits per heavy atom. The fourth-order valence-corrected chi connectivity index (χ4v) is 1.86. The molecule has 1 aromatic carbocycles. The molecule has 3 heteroatoms. The standard InChI is InChI=1S/C12H17NO2/c14-7-4-11-2-1-3-12(10-11)13-5-8-15-9-6-13/h1-3,10,14H,4-9H2. The van der Waals surface area contributed by atoms with Crippen LogP contribution in [0.25, 0.3) is 0 Å². The molecule has 1 aromatic rings. The van der Waals surface area contributed by atoms with Gasteiger partial charge in [-0.15, -0.1) is 0 Å². The molecule has 0 spiro atoms. The maximum Gasteiger partial charge on any atom is 0.0642 e. The number of ether oxygens (including phenoxy) is 1. The first-order chi connectivity index (χ1) is 7.40. The van der Waals surface area contributed by atoms with Gasteiger partial charge in [0.05, 0.1) is 13.2 Å². The smallest absolute Gasteiger partial charge is 0.0642 e. The van der Waals surface area contributed by atoms with Gasteiger partial charge in [-0.3, -0.25) is 0 Å². The van der Waals surface area contributed by atoms with Gasteiger partial charge in [0.15, 0.2) is 0 Å². The average Bonchev–Trinajstić information content (AvgIpc) is 2.31. The van der Waals surface area contributed by atoms with Crippen LogP contribution in [-0.2, 0) is 11.2 Å². The van der Waals surface area contributed by atoms with Crippen molar-refractivity contribution >= 4 is 5.69 Å². The zero-order chi connectivity index (χ0) is 10.5. The molecule has 0 bridgehead atoms. The van der Waals surface area contributed by atoms with Gasteiger partial charge in [0.1, 0.15) is 0 Å². The van der Waals surface area contributed by atoms with E-state index in [-0.39, 0.29) is 6.61 Å². The molecule has 1 saturated heterocycles. The Kier molecular flexibility index (Phi) is 3.59. The predicted octanol–water partition coefficient (Wildman–Crippen LogP) is 1.06. The summed E-state index contributed by atoms with van der Waals surface area (Å²) in [5.74, 6) is 0. The third-order valence-corrected chi connectivity index (χ3v) is 2.69. The molecule has 0 radical (unpaired) electrons. The van der Waals surface area contributed by atoms with Crippen LogP contribution in [0.15, 0.2) is 24.3 Å². The number of rotatable bonds is 3. The fraction of sp³-hybridized carbons (Fsp3) is 0.500. The summed E-state index contributed by atoms with van der Waals surface area (Å²) >= 11 is 0. The highest BCUT2D eigenvalue weighted by molar-refractivity contribution is 5.48. The first-order valence-electron chi connectivity index (χ1n) is 5.42. The lowest BCUT2D eigenvalue weighted by atomic mass is 10.1. The third-order valence-electron chi connectivity index (χ3n) is 2.69. The summed E-state index contributed by atoms with van der Waals surface area (Å²) in [5, 5.41) is 8.89. The summed E-state index contributed by atoms with van der Waals surface area (Å²) in [6.45, 7) is 3.76. The predicted molar refractivity (Wildman–Crippen MR) is 60.3 cm³/mol. The van der Waals surface area contributed by atoms with Crippen molar-refractivity contribution in [3.05, 3.63) is 29.8 Å². The molecule has 2 rings (SSSR count). The van der Waals surface area contributed by atoms with E-state index in [1.807, 2.05) is 0 Å². The molecule has 3 nitrogen and oxygen atoms in total. The van der Waals surface area contributed by atoms with Gasteiger partial charge in [0, 0.05) is 25.4 Å². The molecule has 15 heavy (non-hydrogen) atoms. The Labute approximate surface area is 90.3 Å². The summed E-state index contributed by atoms with van der Waals surface area (Å²) < 4.78 is 5.32. The fourth-order valence-electron chi connectivity index (χ4n) is 1.86. The van der Waals surface area contributed by atoms with Crippen molar-refractivity contribution in [1.82, 2.24) is 0 Å². The average molecular weight is 207 g/mol. The number of nitrogens with zero attached hydrogens (tertiary/aromatic N) is 1. The minimum absolute atomic E-state index is 0.215. The molecular weight excluding hydrogens is 190 g/mol. The van der Waals surface area contributed by atoms with Crippen LogP contribution in [0.2, 0.25) is 0 Å². The number of aliphatic hydroxyl groups is 1. The quantitative estimate of drug-likeness (QED) is 0.804. The Balaban J connectivity index is 2.09. The van der Waals surface area contributed by atoms with E-state index in [1.165, 1.54) is 11.3 Å². The van der Waals surface area contributed by atoms with E-state index in [0.717, 1.165) is 32.7 Å². The lowest BCUT2D eigenvalue weighted by Crippen LogP contribution is -2.36. The van der Waals surface area contributed by atoms with Crippen molar-refractivity contribution in [3.63, 3.8) is 0 Å². The molecule has 0 unspecified atom stereocenters. The molecule has 1 fully saturated rings. The summed E-state index contributed by atoms with van der Waals surface area (Å²) in [6.07, 6.45) is 0.734. The van der Waals surface area contributed by atoms with Crippen molar-refractivity contribution < 1.29 is 9.84 Å². The number of benzene rings is 1. The number of morpholine rings is 1. The lowest BCUT2D eigenvalue weighted by molar-refractivity contribution is 0.122. The van der Waals surface area contributed by atoms with Crippen LogP contribution in [0.3, 0.4) is 0 Å². The van der Waals surface area contributed by atoms with Gasteiger partial charge in [-0.25, -0.2) is 0 Å². The van der Waals surface area contributed by atoms with Gasteiger partial charge in [-0.1, -0.05) is 12.1 Å². The van der Waals surface area contributed by atoms with Gasteiger partial charge in [-0.2, -0.15) is 0 Å². The Bertz CT molecular complexity index is 308. The first kappa shape index (κ1) is 10.5. The van der Waals surface area contributed by atoms with Crippen LogP contribution in [-0.4, -0.2) is 38.0 Å². The molecule has 0 aromatic heterocycles. The number of hydrogen-bond acceptors (Lipinski definition) is 3. The molecule has 0 amide bonds. The van der Waals surface area contributed by atoms with Crippen LogP contribution in [0, 0.1) is 0 Å². The Morgan fingerprint density at radius 3 is 2.80 bits per heavy atom. The second-order valence-electron chi connectivity index (χ2n) is 3.74. The van der Waals surface area contributed by atoms with Gasteiger partial charge < -0.3 is 14.7 Å². The second-order valence-corrected chi connectivity index (χ2v) is 3.74. The van der Waals surface area contributed by atoms with Crippen molar-refractivity contribution in [3.8, 4) is 0 Å². The number of hydrogen-bond donors (Lipinski definition) is 1. The number of anilines is 1. The van der Waals surface area contributed by atoms with Crippen LogP contribution >= 0.6 is 0 Å². The van der Waals surface area contributed by atoms with E-state index < -0.39 is 0 Å². The molecule has 0 aliphatic carbocycles. The summed E-state index contributed by atoms with van der Waals surface area (Å²) in [5.41, 5.74) is 2.44. The van der Waals surface area contributed by atoms with Crippen molar-refractivity contribution in [1.29, 1.82) is 0 Å². The molecule has 1 aliphatic heterocycles. The molecule has 0 atom stereocenters. The Morgan fingerprint density at radius 2 is 2.07 bits per heavy atom. The van der Waals surface area contributed by atoms with Gasteiger partial charge in [-0.05, 0) is 24.1 Å². The zero-order valence-electron chi connectivity index (χ0n) is 8.85. The van der Waals surface area contributed by atoms with Crippen LogP contribution < -0.4 is 4.90 Å². The van der Waals surface area contributed by atoms with Gasteiger partial charge >= 0.3 is 0 Å². The minimum Gasteiger partial charge on any atom is -0.396 e. The largest absolute Gasteiger partial charge is 0.396 e. The van der Waals surface area contributed by atoms with E-state index in [0.29, 0.717) is 0 Å². The van der Waals surface area contributed by atoms with Crippen molar-refractivity contribution in [2.75, 3.05) is 37.8 Å². The molecule has 82 valence electrons. The number of aliphatic hydroxyl groups excluding tert-OH is 1. The monoisotopic (exact) mass is 207 g/mol. The van der Waals surface area contributed by atoms with E-state index >= 15 is 0 Å². The van der Waals surface area contributed by atoms with E-state index in [1.54, 1.807) is 0 Å². The highest BCUT2D eigenvalue weighted by Gasteiger charge is 2.10. The molecule has 0 saturated carbocycles. The van der Waals surface area contributed by atoms with E-state index in [4.69, 9.17) is 9.84 Å². The summed E-state index contributed by atoms with van der Waals surface area (Å²) in [4.78, 5) is 2.32. The minimum atomic E-state index is 0.215. The highest BCUT2D eigenvalue weighted by Crippen LogP contribution is 2.17. The van der Waals surface area contributed by atoms with Crippen molar-refractivity contribution in [2.45, 2.75) is 6.42 Å². The maximum absolute atomic E-state index is 8.89. The zero-order valence-corrected chi connectivity index (χ0v) is 8.85. The van der Waals surface area contributed by atoms with Crippen LogP contribution in [0.4, 0.5) is 5.69 Å². The summed E-state index contributed by atoms with van der Waals surface area (Å²) in [6, 6.07) is 8.38. The summed E-state index contributed by atoms with van der Waals surface area (Å²) in [7, 11) is 0. The Hall–Kier alpha value is -1.06. The normalized spacial score (nSPS) is 16.7.